The van der Waals surface area contributed by atoms with E-state index >= 15 is 0 Å². The van der Waals surface area contributed by atoms with Crippen molar-refractivity contribution in [1.29, 1.82) is 0 Å². The third-order valence-corrected chi connectivity index (χ3v) is 3.14. The lowest BCUT2D eigenvalue weighted by molar-refractivity contribution is -0.156. The first-order valence-electron chi connectivity index (χ1n) is 7.14. The summed E-state index contributed by atoms with van der Waals surface area (Å²) in [6.45, 7) is 0.0694. The molecule has 0 spiro atoms. The Morgan fingerprint density at radius 1 is 1.23 bits per heavy atom. The van der Waals surface area contributed by atoms with E-state index in [0.29, 0.717) is 5.56 Å². The van der Waals surface area contributed by atoms with Crippen LogP contribution in [-0.4, -0.2) is 30.5 Å². The van der Waals surface area contributed by atoms with E-state index in [9.17, 15) is 14.4 Å². The van der Waals surface area contributed by atoms with Gasteiger partial charge in [0.1, 0.15) is 0 Å². The smallest absolute Gasteiger partial charge is 0.312 e. The average Bonchev–Trinajstić information content (AvgIpc) is 3.29. The maximum atomic E-state index is 12.2. The van der Waals surface area contributed by atoms with Crippen LogP contribution in [0.15, 0.2) is 30.3 Å². The van der Waals surface area contributed by atoms with Crippen LogP contribution in [0.25, 0.3) is 0 Å². The quantitative estimate of drug-likeness (QED) is 0.641. The molecule has 3 amide bonds. The van der Waals surface area contributed by atoms with Gasteiger partial charge in [0.15, 0.2) is 0 Å². The molecule has 0 radical (unpaired) electrons. The Balaban J connectivity index is 1.96. The van der Waals surface area contributed by atoms with Gasteiger partial charge in [-0.1, -0.05) is 30.3 Å². The molecular formula is C15H19N3O4. The van der Waals surface area contributed by atoms with E-state index in [4.69, 9.17) is 10.5 Å². The van der Waals surface area contributed by atoms with E-state index in [1.807, 2.05) is 6.07 Å². The summed E-state index contributed by atoms with van der Waals surface area (Å²) in [7, 11) is 0. The van der Waals surface area contributed by atoms with Crippen LogP contribution in [0.2, 0.25) is 0 Å². The number of rotatable bonds is 7. The highest BCUT2D eigenvalue weighted by atomic mass is 16.5. The highest BCUT2D eigenvalue weighted by molar-refractivity contribution is 5.85. The van der Waals surface area contributed by atoms with Gasteiger partial charge in [-0.15, -0.1) is 0 Å². The Hall–Kier alpha value is -2.57. The highest BCUT2D eigenvalue weighted by Crippen LogP contribution is 2.23. The molecule has 7 nitrogen and oxygen atoms in total. The second-order valence-corrected chi connectivity index (χ2v) is 5.10. The Labute approximate surface area is 128 Å². The summed E-state index contributed by atoms with van der Waals surface area (Å²) < 4.78 is 5.27. The minimum atomic E-state index is -0.983. The lowest BCUT2D eigenvalue weighted by atomic mass is 10.1. The van der Waals surface area contributed by atoms with Crippen LogP contribution in [0.3, 0.4) is 0 Å². The topological polar surface area (TPSA) is 111 Å². The number of nitrogens with two attached hydrogens (primary N) is 1. The highest BCUT2D eigenvalue weighted by Gasteiger charge is 2.30. The van der Waals surface area contributed by atoms with Crippen molar-refractivity contribution in [3.63, 3.8) is 0 Å². The first kappa shape index (κ1) is 15.8. The van der Waals surface area contributed by atoms with Crippen molar-refractivity contribution in [2.24, 2.45) is 5.73 Å². The first-order valence-corrected chi connectivity index (χ1v) is 7.14. The van der Waals surface area contributed by atoms with Crippen molar-refractivity contribution in [3.05, 3.63) is 35.9 Å². The number of urea groups is 1. The van der Waals surface area contributed by atoms with E-state index in [1.54, 1.807) is 24.3 Å². The molecule has 0 aliphatic heterocycles. The summed E-state index contributed by atoms with van der Waals surface area (Å²) in [5, 5.41) is 5.12. The molecule has 1 aliphatic rings. The van der Waals surface area contributed by atoms with Crippen LogP contribution in [0, 0.1) is 0 Å². The number of carbonyl (C=O) groups excluding carboxylic acids is 3. The molecule has 0 heterocycles. The fourth-order valence-corrected chi connectivity index (χ4v) is 1.88. The number of esters is 1. The summed E-state index contributed by atoms with van der Waals surface area (Å²) in [4.78, 5) is 34.6. The molecule has 1 atom stereocenters. The van der Waals surface area contributed by atoms with Gasteiger partial charge in [-0.25, -0.2) is 4.79 Å². The van der Waals surface area contributed by atoms with Gasteiger partial charge in [0.2, 0.25) is 6.10 Å². The second kappa shape index (κ2) is 7.44. The van der Waals surface area contributed by atoms with Gasteiger partial charge < -0.3 is 21.1 Å². The van der Waals surface area contributed by atoms with Crippen molar-refractivity contribution in [2.45, 2.75) is 31.4 Å². The Kier molecular flexibility index (Phi) is 5.35. The lowest BCUT2D eigenvalue weighted by Crippen LogP contribution is -2.35. The molecule has 0 unspecified atom stereocenters. The van der Waals surface area contributed by atoms with Crippen LogP contribution < -0.4 is 16.4 Å². The fourth-order valence-electron chi connectivity index (χ4n) is 1.88. The second-order valence-electron chi connectivity index (χ2n) is 5.10. The molecule has 1 aromatic rings. The van der Waals surface area contributed by atoms with Crippen LogP contribution >= 0.6 is 0 Å². The fraction of sp³-hybridized carbons (Fsp3) is 0.400. The van der Waals surface area contributed by atoms with E-state index in [-0.39, 0.29) is 24.9 Å². The number of hydrogen-bond donors (Lipinski definition) is 3. The molecule has 0 aromatic heterocycles. The standard InChI is InChI=1S/C15H19N3O4/c16-15(21)17-9-8-12(19)22-13(10-4-2-1-3-5-10)14(20)18-11-6-7-11/h1-5,11,13H,6-9H2,(H,18,20)(H3,16,17,21)/t13-/m1/s1. The van der Waals surface area contributed by atoms with Crippen molar-refractivity contribution in [1.82, 2.24) is 10.6 Å². The zero-order valence-corrected chi connectivity index (χ0v) is 12.1. The van der Waals surface area contributed by atoms with E-state index in [1.165, 1.54) is 0 Å². The molecule has 118 valence electrons. The maximum absolute atomic E-state index is 12.2. The molecule has 2 rings (SSSR count). The number of amides is 3. The number of primary amides is 1. The maximum Gasteiger partial charge on any atom is 0.312 e. The zero-order valence-electron chi connectivity index (χ0n) is 12.1. The van der Waals surface area contributed by atoms with Gasteiger partial charge in [0.25, 0.3) is 5.91 Å². The van der Waals surface area contributed by atoms with Crippen LogP contribution in [0.5, 0.6) is 0 Å². The molecule has 0 bridgehead atoms. The minimum Gasteiger partial charge on any atom is -0.447 e. The minimum absolute atomic E-state index is 0.0526. The van der Waals surface area contributed by atoms with Gasteiger partial charge in [-0.05, 0) is 12.8 Å². The predicted octanol–water partition coefficient (Wildman–Crippen LogP) is 0.608. The summed E-state index contributed by atoms with van der Waals surface area (Å²) in [5.41, 5.74) is 5.52. The van der Waals surface area contributed by atoms with Gasteiger partial charge in [0, 0.05) is 18.2 Å². The monoisotopic (exact) mass is 305 g/mol. The van der Waals surface area contributed by atoms with Crippen LogP contribution in [0.1, 0.15) is 30.9 Å². The Bertz CT molecular complexity index is 543. The van der Waals surface area contributed by atoms with Crippen molar-refractivity contribution in [2.75, 3.05) is 6.54 Å². The number of nitrogens with one attached hydrogen (secondary N) is 2. The molecule has 1 fully saturated rings. The first-order chi connectivity index (χ1) is 10.6. The van der Waals surface area contributed by atoms with Crippen molar-refractivity contribution < 1.29 is 19.1 Å². The number of carbonyl (C=O) groups is 3. The largest absolute Gasteiger partial charge is 0.447 e. The third-order valence-electron chi connectivity index (χ3n) is 3.14. The number of ether oxygens (including phenoxy) is 1. The SMILES string of the molecule is NC(=O)NCCC(=O)O[C@@H](C(=O)NC1CC1)c1ccccc1. The van der Waals surface area contributed by atoms with Crippen molar-refractivity contribution >= 4 is 17.9 Å². The van der Waals surface area contributed by atoms with Crippen LogP contribution in [0.4, 0.5) is 4.79 Å². The van der Waals surface area contributed by atoms with Gasteiger partial charge in [0.05, 0.1) is 6.42 Å². The lowest BCUT2D eigenvalue weighted by Gasteiger charge is -2.18. The van der Waals surface area contributed by atoms with Gasteiger partial charge >= 0.3 is 12.0 Å². The predicted molar refractivity (Wildman–Crippen MR) is 78.6 cm³/mol. The molecular weight excluding hydrogens is 286 g/mol. The molecule has 1 saturated carbocycles. The normalized spacial score (nSPS) is 14.7. The summed E-state index contributed by atoms with van der Waals surface area (Å²) in [6.07, 6.45) is 0.860. The molecule has 7 heteroatoms. The summed E-state index contributed by atoms with van der Waals surface area (Å²) in [5.74, 6) is -0.904. The Morgan fingerprint density at radius 2 is 1.91 bits per heavy atom. The van der Waals surface area contributed by atoms with Crippen LogP contribution in [-0.2, 0) is 14.3 Å². The Morgan fingerprint density at radius 3 is 2.50 bits per heavy atom. The molecule has 0 saturated heterocycles. The number of benzene rings is 1. The molecule has 1 aliphatic carbocycles. The summed E-state index contributed by atoms with van der Waals surface area (Å²) in [6, 6.07) is 8.29. The van der Waals surface area contributed by atoms with Crippen molar-refractivity contribution in [3.8, 4) is 0 Å². The van der Waals surface area contributed by atoms with E-state index < -0.39 is 18.1 Å². The van der Waals surface area contributed by atoms with Gasteiger partial charge in [-0.2, -0.15) is 0 Å². The molecule has 22 heavy (non-hydrogen) atoms. The van der Waals surface area contributed by atoms with Gasteiger partial charge in [-0.3, -0.25) is 9.59 Å². The van der Waals surface area contributed by atoms with E-state index in [0.717, 1.165) is 12.8 Å². The molecule has 4 N–H and O–H groups in total. The van der Waals surface area contributed by atoms with E-state index in [2.05, 4.69) is 10.6 Å². The number of hydrogen-bond acceptors (Lipinski definition) is 4. The summed E-state index contributed by atoms with van der Waals surface area (Å²) >= 11 is 0. The molecule has 1 aromatic carbocycles. The zero-order chi connectivity index (χ0) is 15.9. The average molecular weight is 305 g/mol. The third kappa shape index (κ3) is 5.08.